The van der Waals surface area contributed by atoms with Crippen molar-refractivity contribution >= 4 is 17.3 Å². The minimum absolute atomic E-state index is 0.0126. The lowest BCUT2D eigenvalue weighted by atomic mass is 10.1. The van der Waals surface area contributed by atoms with Gasteiger partial charge in [0.2, 0.25) is 0 Å². The maximum atomic E-state index is 12.3. The molecule has 0 aliphatic heterocycles. The average Bonchev–Trinajstić information content (AvgIpc) is 2.42. The van der Waals surface area contributed by atoms with Crippen LogP contribution in [-0.2, 0) is 0 Å². The summed E-state index contributed by atoms with van der Waals surface area (Å²) in [7, 11) is 0. The summed E-state index contributed by atoms with van der Waals surface area (Å²) >= 11 is 0. The summed E-state index contributed by atoms with van der Waals surface area (Å²) in [6, 6.07) is 10.1. The highest BCUT2D eigenvalue weighted by atomic mass is 16.6. The van der Waals surface area contributed by atoms with E-state index in [0.717, 1.165) is 16.8 Å². The van der Waals surface area contributed by atoms with Gasteiger partial charge in [-0.05, 0) is 44.0 Å². The van der Waals surface area contributed by atoms with Crippen LogP contribution in [0.5, 0.6) is 0 Å². The highest BCUT2D eigenvalue weighted by Gasteiger charge is 2.15. The third-order valence-corrected chi connectivity index (χ3v) is 3.38. The van der Waals surface area contributed by atoms with Crippen molar-refractivity contribution < 1.29 is 9.72 Å². The van der Waals surface area contributed by atoms with E-state index in [1.54, 1.807) is 6.92 Å². The summed E-state index contributed by atoms with van der Waals surface area (Å²) in [6.07, 6.45) is 0. The fourth-order valence-corrected chi connectivity index (χ4v) is 2.20. The number of aryl methyl sites for hydroxylation is 3. The van der Waals surface area contributed by atoms with E-state index in [1.807, 2.05) is 32.0 Å². The van der Waals surface area contributed by atoms with Crippen LogP contribution in [0.1, 0.15) is 27.0 Å². The van der Waals surface area contributed by atoms with Crippen LogP contribution in [0.15, 0.2) is 36.4 Å². The fraction of sp³-hybridized carbons (Fsp3) is 0.188. The highest BCUT2D eigenvalue weighted by molar-refractivity contribution is 6.05. The first-order valence-electron chi connectivity index (χ1n) is 6.52. The number of nitro groups is 1. The number of carbonyl (C=O) groups is 1. The Morgan fingerprint density at radius 1 is 1.05 bits per heavy atom. The molecule has 21 heavy (non-hydrogen) atoms. The van der Waals surface area contributed by atoms with Crippen LogP contribution < -0.4 is 5.32 Å². The normalized spacial score (nSPS) is 10.2. The lowest BCUT2D eigenvalue weighted by Crippen LogP contribution is -2.14. The zero-order valence-corrected chi connectivity index (χ0v) is 12.1. The first-order chi connectivity index (χ1) is 9.90. The number of anilines is 1. The molecule has 1 N–H and O–H groups in total. The summed E-state index contributed by atoms with van der Waals surface area (Å²) in [5.74, 6) is -0.273. The van der Waals surface area contributed by atoms with Gasteiger partial charge >= 0.3 is 0 Å². The molecule has 0 aromatic heterocycles. The maximum Gasteiger partial charge on any atom is 0.272 e. The number of amides is 1. The Balaban J connectivity index is 2.29. The standard InChI is InChI=1S/C16H16N2O3/c1-10-5-4-6-11(2)15(10)17-16(19)13-7-8-14(18(20)21)12(3)9-13/h4-9H,1-3H3,(H,17,19). The number of hydrogen-bond acceptors (Lipinski definition) is 3. The monoisotopic (exact) mass is 284 g/mol. The van der Waals surface area contributed by atoms with Crippen LogP contribution in [0.2, 0.25) is 0 Å². The number of benzene rings is 2. The molecule has 0 unspecified atom stereocenters. The molecule has 0 saturated carbocycles. The molecule has 0 saturated heterocycles. The lowest BCUT2D eigenvalue weighted by Gasteiger charge is -2.11. The third-order valence-electron chi connectivity index (χ3n) is 3.38. The molecule has 0 fully saturated rings. The number of carbonyl (C=O) groups excluding carboxylic acids is 1. The van der Waals surface area contributed by atoms with Gasteiger partial charge in [0.15, 0.2) is 0 Å². The molecule has 0 aliphatic carbocycles. The topological polar surface area (TPSA) is 72.2 Å². The van der Waals surface area contributed by atoms with Gasteiger partial charge in [-0.15, -0.1) is 0 Å². The SMILES string of the molecule is Cc1cc(C(=O)Nc2c(C)cccc2C)ccc1[N+](=O)[O-]. The van der Waals surface area contributed by atoms with Gasteiger partial charge in [0, 0.05) is 22.9 Å². The van der Waals surface area contributed by atoms with Gasteiger partial charge in [-0.25, -0.2) is 0 Å². The Hall–Kier alpha value is -2.69. The van der Waals surface area contributed by atoms with E-state index in [9.17, 15) is 14.9 Å². The number of nitrogens with zero attached hydrogens (tertiary/aromatic N) is 1. The van der Waals surface area contributed by atoms with Crippen LogP contribution >= 0.6 is 0 Å². The molecule has 2 rings (SSSR count). The van der Waals surface area contributed by atoms with Gasteiger partial charge < -0.3 is 5.32 Å². The second-order valence-corrected chi connectivity index (χ2v) is 4.98. The largest absolute Gasteiger partial charge is 0.322 e. The third kappa shape index (κ3) is 3.08. The maximum absolute atomic E-state index is 12.3. The predicted molar refractivity (Wildman–Crippen MR) is 81.7 cm³/mol. The summed E-state index contributed by atoms with van der Waals surface area (Å²) in [4.78, 5) is 22.6. The first kappa shape index (κ1) is 14.7. The lowest BCUT2D eigenvalue weighted by molar-refractivity contribution is -0.385. The van der Waals surface area contributed by atoms with Gasteiger partial charge in [-0.1, -0.05) is 18.2 Å². The minimum Gasteiger partial charge on any atom is -0.322 e. The van der Waals surface area contributed by atoms with Crippen LogP contribution in [-0.4, -0.2) is 10.8 Å². The molecule has 0 bridgehead atoms. The Kier molecular flexibility index (Phi) is 4.03. The van der Waals surface area contributed by atoms with Crippen molar-refractivity contribution in [1.29, 1.82) is 0 Å². The second-order valence-electron chi connectivity index (χ2n) is 4.98. The van der Waals surface area contributed by atoms with E-state index < -0.39 is 4.92 Å². The van der Waals surface area contributed by atoms with Gasteiger partial charge in [0.1, 0.15) is 0 Å². The number of para-hydroxylation sites is 1. The molecule has 0 spiro atoms. The van der Waals surface area contributed by atoms with E-state index in [4.69, 9.17) is 0 Å². The first-order valence-corrected chi connectivity index (χ1v) is 6.52. The van der Waals surface area contributed by atoms with E-state index in [2.05, 4.69) is 5.32 Å². The molecule has 2 aromatic carbocycles. The molecule has 0 aliphatic rings. The molecule has 2 aromatic rings. The van der Waals surface area contributed by atoms with Gasteiger partial charge in [0.05, 0.1) is 4.92 Å². The summed E-state index contributed by atoms with van der Waals surface area (Å²) in [5.41, 5.74) is 3.61. The molecule has 108 valence electrons. The van der Waals surface area contributed by atoms with Crippen molar-refractivity contribution in [2.24, 2.45) is 0 Å². The number of nitrogens with one attached hydrogen (secondary N) is 1. The van der Waals surface area contributed by atoms with Gasteiger partial charge in [-0.2, -0.15) is 0 Å². The minimum atomic E-state index is -0.456. The van der Waals surface area contributed by atoms with Gasteiger partial charge in [-0.3, -0.25) is 14.9 Å². The van der Waals surface area contributed by atoms with Crippen molar-refractivity contribution in [3.05, 3.63) is 68.8 Å². The average molecular weight is 284 g/mol. The smallest absolute Gasteiger partial charge is 0.272 e. The molecular weight excluding hydrogens is 268 g/mol. The molecular formula is C16H16N2O3. The number of rotatable bonds is 3. The Bertz CT molecular complexity index is 703. The van der Waals surface area contributed by atoms with E-state index in [-0.39, 0.29) is 11.6 Å². The van der Waals surface area contributed by atoms with Crippen LogP contribution in [0.3, 0.4) is 0 Å². The van der Waals surface area contributed by atoms with Crippen molar-refractivity contribution in [3.63, 3.8) is 0 Å². The summed E-state index contributed by atoms with van der Waals surface area (Å²) in [6.45, 7) is 5.46. The fourth-order valence-electron chi connectivity index (χ4n) is 2.20. The van der Waals surface area contributed by atoms with E-state index in [0.29, 0.717) is 11.1 Å². The van der Waals surface area contributed by atoms with Crippen molar-refractivity contribution in [1.82, 2.24) is 0 Å². The van der Waals surface area contributed by atoms with Crippen LogP contribution in [0.25, 0.3) is 0 Å². The van der Waals surface area contributed by atoms with E-state index >= 15 is 0 Å². The summed E-state index contributed by atoms with van der Waals surface area (Å²) < 4.78 is 0. The molecule has 0 radical (unpaired) electrons. The molecule has 0 heterocycles. The summed E-state index contributed by atoms with van der Waals surface area (Å²) in [5, 5.41) is 13.7. The molecule has 5 nitrogen and oxygen atoms in total. The van der Waals surface area contributed by atoms with E-state index in [1.165, 1.54) is 18.2 Å². The van der Waals surface area contributed by atoms with Crippen LogP contribution in [0.4, 0.5) is 11.4 Å². The van der Waals surface area contributed by atoms with Gasteiger partial charge in [0.25, 0.3) is 11.6 Å². The number of nitro benzene ring substituents is 1. The van der Waals surface area contributed by atoms with Crippen LogP contribution in [0, 0.1) is 30.9 Å². The molecule has 5 heteroatoms. The highest BCUT2D eigenvalue weighted by Crippen LogP contribution is 2.22. The Morgan fingerprint density at radius 2 is 1.67 bits per heavy atom. The second kappa shape index (κ2) is 5.75. The number of hydrogen-bond donors (Lipinski definition) is 1. The zero-order chi connectivity index (χ0) is 15.6. The van der Waals surface area contributed by atoms with Crippen molar-refractivity contribution in [2.45, 2.75) is 20.8 Å². The quantitative estimate of drug-likeness (QED) is 0.688. The Morgan fingerprint density at radius 3 is 2.19 bits per heavy atom. The predicted octanol–water partition coefficient (Wildman–Crippen LogP) is 3.77. The van der Waals surface area contributed by atoms with Crippen molar-refractivity contribution in [3.8, 4) is 0 Å². The molecule has 1 amide bonds. The van der Waals surface area contributed by atoms with Crippen molar-refractivity contribution in [2.75, 3.05) is 5.32 Å². The zero-order valence-electron chi connectivity index (χ0n) is 12.1. The Labute approximate surface area is 122 Å². The molecule has 0 atom stereocenters.